The van der Waals surface area contributed by atoms with Crippen molar-refractivity contribution in [2.24, 2.45) is 0 Å². The van der Waals surface area contributed by atoms with E-state index in [9.17, 15) is 9.18 Å². The summed E-state index contributed by atoms with van der Waals surface area (Å²) >= 11 is 3.24. The first kappa shape index (κ1) is 16.4. The maximum atomic E-state index is 13.7. The zero-order valence-corrected chi connectivity index (χ0v) is 13.6. The quantitative estimate of drug-likeness (QED) is 0.786. The lowest BCUT2D eigenvalue weighted by atomic mass is 9.85. The summed E-state index contributed by atoms with van der Waals surface area (Å²) in [4.78, 5) is 12.7. The molecule has 0 aromatic heterocycles. The van der Waals surface area contributed by atoms with Gasteiger partial charge in [-0.05, 0) is 31.5 Å². The number of hydrogen-bond acceptors (Lipinski definition) is 3. The van der Waals surface area contributed by atoms with Crippen LogP contribution in [0.25, 0.3) is 0 Å². The number of nitrogens with zero attached hydrogens (tertiary/aromatic N) is 1. The zero-order chi connectivity index (χ0) is 15.4. The molecule has 0 bridgehead atoms. The summed E-state index contributed by atoms with van der Waals surface area (Å²) in [5.41, 5.74) is 0.652. The molecule has 21 heavy (non-hydrogen) atoms. The highest BCUT2D eigenvalue weighted by atomic mass is 79.9. The Morgan fingerprint density at radius 3 is 2.81 bits per heavy atom. The lowest BCUT2D eigenvalue weighted by Crippen LogP contribution is -2.53. The normalized spacial score (nSPS) is 21.3. The van der Waals surface area contributed by atoms with Gasteiger partial charge in [-0.15, -0.1) is 0 Å². The van der Waals surface area contributed by atoms with E-state index >= 15 is 0 Å². The third-order valence-corrected chi connectivity index (χ3v) is 4.46. The van der Waals surface area contributed by atoms with Gasteiger partial charge in [0.2, 0.25) is 0 Å². The van der Waals surface area contributed by atoms with E-state index in [2.05, 4.69) is 21.2 Å². The molecule has 0 aliphatic heterocycles. The van der Waals surface area contributed by atoms with Crippen LogP contribution in [0.2, 0.25) is 0 Å². The van der Waals surface area contributed by atoms with Gasteiger partial charge in [0.1, 0.15) is 5.82 Å². The average molecular weight is 359 g/mol. The first-order valence-corrected chi connectivity index (χ1v) is 7.92. The van der Waals surface area contributed by atoms with Crippen molar-refractivity contribution in [2.75, 3.05) is 13.1 Å². The monoisotopic (exact) mass is 358 g/mol. The van der Waals surface area contributed by atoms with Gasteiger partial charge in [-0.1, -0.05) is 28.9 Å². The topological polar surface area (TPSA) is 52.6 Å². The molecule has 0 unspecified atom stereocenters. The minimum Gasteiger partial charge on any atom is -0.480 e. The second kappa shape index (κ2) is 7.33. The first-order valence-electron chi connectivity index (χ1n) is 7.12. The van der Waals surface area contributed by atoms with Crippen molar-refractivity contribution in [2.45, 2.75) is 38.4 Å². The molecule has 1 aromatic carbocycles. The fourth-order valence-electron chi connectivity index (χ4n) is 2.64. The van der Waals surface area contributed by atoms with Crippen LogP contribution in [0.5, 0.6) is 0 Å². The first-order chi connectivity index (χ1) is 9.99. The highest BCUT2D eigenvalue weighted by Crippen LogP contribution is 2.26. The lowest BCUT2D eigenvalue weighted by molar-refractivity contribution is -0.139. The van der Waals surface area contributed by atoms with Crippen LogP contribution in [0, 0.1) is 5.82 Å². The molecule has 0 spiro atoms. The molecule has 1 aromatic rings. The van der Waals surface area contributed by atoms with Crippen LogP contribution in [-0.4, -0.2) is 41.1 Å². The predicted octanol–water partition coefficient (Wildman–Crippen LogP) is 2.62. The molecule has 0 heterocycles. The van der Waals surface area contributed by atoms with E-state index in [1.54, 1.807) is 6.07 Å². The summed E-state index contributed by atoms with van der Waals surface area (Å²) in [5.74, 6) is -1.00. The summed E-state index contributed by atoms with van der Waals surface area (Å²) < 4.78 is 14.4. The van der Waals surface area contributed by atoms with Crippen molar-refractivity contribution in [3.63, 3.8) is 0 Å². The Bertz CT molecular complexity index is 506. The van der Waals surface area contributed by atoms with E-state index in [4.69, 9.17) is 5.11 Å². The molecule has 0 atom stereocenters. The summed E-state index contributed by atoms with van der Waals surface area (Å²) in [6, 6.07) is 5.71. The van der Waals surface area contributed by atoms with Crippen LogP contribution < -0.4 is 5.32 Å². The Hall–Kier alpha value is -0.980. The number of nitrogens with one attached hydrogen (secondary N) is 1. The highest BCUT2D eigenvalue weighted by Gasteiger charge is 2.33. The van der Waals surface area contributed by atoms with E-state index < -0.39 is 5.97 Å². The molecular formula is C15H20BrFN2O2. The highest BCUT2D eigenvalue weighted by molar-refractivity contribution is 9.10. The van der Waals surface area contributed by atoms with Gasteiger partial charge in [0, 0.05) is 28.7 Å². The third kappa shape index (κ3) is 4.49. The van der Waals surface area contributed by atoms with Crippen LogP contribution in [0.4, 0.5) is 4.39 Å². The number of aliphatic carboxylic acids is 1. The number of rotatable bonds is 7. The molecular weight excluding hydrogens is 339 g/mol. The molecule has 1 aliphatic rings. The number of likely N-dealkylation sites (N-methyl/N-ethyl adjacent to an activating group) is 1. The number of carboxylic acids is 1. The second-order valence-electron chi connectivity index (χ2n) is 5.40. The summed E-state index contributed by atoms with van der Waals surface area (Å²) in [6.07, 6.45) is 1.83. The Kier molecular flexibility index (Phi) is 5.72. The Balaban J connectivity index is 1.76. The number of carboxylic acid groups (broad SMARTS) is 1. The maximum absolute atomic E-state index is 13.7. The van der Waals surface area contributed by atoms with Gasteiger partial charge < -0.3 is 10.4 Å². The predicted molar refractivity (Wildman–Crippen MR) is 82.6 cm³/mol. The molecule has 0 saturated heterocycles. The molecule has 2 N–H and O–H groups in total. The minimum atomic E-state index is -0.787. The summed E-state index contributed by atoms with van der Waals surface area (Å²) in [5, 5.41) is 12.2. The Labute approximate surface area is 132 Å². The van der Waals surface area contributed by atoms with Crippen molar-refractivity contribution in [3.05, 3.63) is 34.1 Å². The van der Waals surface area contributed by atoms with Gasteiger partial charge in [-0.25, -0.2) is 4.39 Å². The van der Waals surface area contributed by atoms with Gasteiger partial charge in [-0.2, -0.15) is 0 Å². The van der Waals surface area contributed by atoms with Crippen molar-refractivity contribution in [3.8, 4) is 0 Å². The largest absolute Gasteiger partial charge is 0.480 e. The molecule has 6 heteroatoms. The lowest BCUT2D eigenvalue weighted by Gasteiger charge is -2.42. The Morgan fingerprint density at radius 1 is 1.52 bits per heavy atom. The van der Waals surface area contributed by atoms with E-state index in [0.29, 0.717) is 24.2 Å². The number of carbonyl (C=O) groups is 1. The maximum Gasteiger partial charge on any atom is 0.317 e. The van der Waals surface area contributed by atoms with E-state index in [1.807, 2.05) is 17.9 Å². The van der Waals surface area contributed by atoms with Crippen LogP contribution >= 0.6 is 15.9 Å². The molecule has 1 saturated carbocycles. The van der Waals surface area contributed by atoms with Gasteiger partial charge in [-0.3, -0.25) is 9.69 Å². The standard InChI is InChI=1S/C15H20BrFN2O2/c1-2-19(9-15(20)21)13-6-12(7-13)18-8-10-3-4-11(16)5-14(10)17/h3-5,12-13,18H,2,6-9H2,1H3,(H,20,21). The minimum absolute atomic E-state index is 0.0925. The van der Waals surface area contributed by atoms with Crippen LogP contribution in [-0.2, 0) is 11.3 Å². The summed E-state index contributed by atoms with van der Waals surface area (Å²) in [7, 11) is 0. The number of hydrogen-bond donors (Lipinski definition) is 2. The molecule has 1 fully saturated rings. The SMILES string of the molecule is CCN(CC(=O)O)C1CC(NCc2ccc(Br)cc2F)C1. The second-order valence-corrected chi connectivity index (χ2v) is 6.31. The third-order valence-electron chi connectivity index (χ3n) is 3.97. The van der Waals surface area contributed by atoms with Gasteiger partial charge >= 0.3 is 5.97 Å². The average Bonchev–Trinajstić information content (AvgIpc) is 2.37. The van der Waals surface area contributed by atoms with Crippen LogP contribution in [0.3, 0.4) is 0 Å². The molecule has 0 amide bonds. The van der Waals surface area contributed by atoms with Crippen molar-refractivity contribution in [1.29, 1.82) is 0 Å². The Morgan fingerprint density at radius 2 is 2.24 bits per heavy atom. The summed E-state index contributed by atoms with van der Waals surface area (Å²) in [6.45, 7) is 3.31. The smallest absolute Gasteiger partial charge is 0.317 e. The van der Waals surface area contributed by atoms with Crippen molar-refractivity contribution < 1.29 is 14.3 Å². The fourth-order valence-corrected chi connectivity index (χ4v) is 2.98. The molecule has 2 rings (SSSR count). The van der Waals surface area contributed by atoms with Gasteiger partial charge in [0.05, 0.1) is 6.54 Å². The van der Waals surface area contributed by atoms with Gasteiger partial charge in [0.25, 0.3) is 0 Å². The van der Waals surface area contributed by atoms with Gasteiger partial charge in [0.15, 0.2) is 0 Å². The fraction of sp³-hybridized carbons (Fsp3) is 0.533. The molecule has 116 valence electrons. The van der Waals surface area contributed by atoms with E-state index in [1.165, 1.54) is 6.07 Å². The van der Waals surface area contributed by atoms with E-state index in [0.717, 1.165) is 23.9 Å². The van der Waals surface area contributed by atoms with Crippen molar-refractivity contribution in [1.82, 2.24) is 10.2 Å². The van der Waals surface area contributed by atoms with E-state index in [-0.39, 0.29) is 12.4 Å². The number of halogens is 2. The van der Waals surface area contributed by atoms with Crippen molar-refractivity contribution >= 4 is 21.9 Å². The van der Waals surface area contributed by atoms with Crippen LogP contribution in [0.15, 0.2) is 22.7 Å². The number of benzene rings is 1. The van der Waals surface area contributed by atoms with Crippen LogP contribution in [0.1, 0.15) is 25.3 Å². The molecule has 1 aliphatic carbocycles. The molecule has 4 nitrogen and oxygen atoms in total. The zero-order valence-electron chi connectivity index (χ0n) is 12.0. The molecule has 0 radical (unpaired) electrons.